The van der Waals surface area contributed by atoms with Crippen LogP contribution in [0, 0.1) is 0 Å². The fraction of sp³-hybridized carbons (Fsp3) is 1.00. The van der Waals surface area contributed by atoms with Crippen LogP contribution in [0.25, 0.3) is 0 Å². The van der Waals surface area contributed by atoms with Crippen molar-refractivity contribution in [1.82, 2.24) is 0 Å². The normalized spacial score (nSPS) is 4.29. The fourth-order valence-electron chi connectivity index (χ4n) is 0. The first kappa shape index (κ1) is 23.6. The van der Waals surface area contributed by atoms with E-state index in [0.717, 1.165) is 0 Å². The molecule has 0 amide bonds. The Morgan fingerprint density at radius 1 is 0.857 bits per heavy atom. The van der Waals surface area contributed by atoms with E-state index in [0.29, 0.717) is 0 Å². The van der Waals surface area contributed by atoms with E-state index in [9.17, 15) is 0 Å². The van der Waals surface area contributed by atoms with Gasteiger partial charge in [0.05, 0.1) is 0 Å². The number of hydrogen-bond donors (Lipinski definition) is 0. The second-order valence-corrected chi connectivity index (χ2v) is 1.000. The monoisotopic (exact) mass is 296 g/mol. The molecule has 0 aliphatic rings. The quantitative estimate of drug-likeness (QED) is 0.644. The summed E-state index contributed by atoms with van der Waals surface area (Å²) in [5, 5.41) is 0. The van der Waals surface area contributed by atoms with Crippen molar-refractivity contribution in [3.8, 4) is 0 Å². The summed E-state index contributed by atoms with van der Waals surface area (Å²) in [5.74, 6) is 0. The van der Waals surface area contributed by atoms with E-state index < -0.39 is 0 Å². The fourth-order valence-corrected chi connectivity index (χ4v) is 0. The van der Waals surface area contributed by atoms with Crippen LogP contribution in [0.3, 0.4) is 0 Å². The van der Waals surface area contributed by atoms with Gasteiger partial charge in [-0.2, -0.15) is 0 Å². The number of unbranched alkanes of at least 4 members (excludes halogenated alkanes) is 1. The van der Waals surface area contributed by atoms with Crippen molar-refractivity contribution in [2.24, 2.45) is 0 Å². The van der Waals surface area contributed by atoms with E-state index in [1.807, 2.05) is 0 Å². The maximum atomic E-state index is 2.18. The zero-order valence-corrected chi connectivity index (χ0v) is 7.66. The zero-order valence-electron chi connectivity index (χ0n) is 4.23. The van der Waals surface area contributed by atoms with E-state index >= 15 is 0 Å². The van der Waals surface area contributed by atoms with Gasteiger partial charge in [-0.05, 0) is 0 Å². The molecule has 0 aliphatic heterocycles. The van der Waals surface area contributed by atoms with Gasteiger partial charge in [0.15, 0.2) is 0 Å². The van der Waals surface area contributed by atoms with Gasteiger partial charge in [-0.25, -0.2) is 0 Å². The molecule has 0 bridgehead atoms. The third kappa shape index (κ3) is 36.3. The Kier molecular flexibility index (Phi) is 87.2. The third-order valence-corrected chi connectivity index (χ3v) is 0.500. The summed E-state index contributed by atoms with van der Waals surface area (Å²) in [5.41, 5.74) is 0. The zero-order chi connectivity index (χ0) is 3.41. The molecule has 0 heterocycles. The van der Waals surface area contributed by atoms with Gasteiger partial charge < -0.3 is 0 Å². The van der Waals surface area contributed by atoms with Crippen LogP contribution in [0.2, 0.25) is 0 Å². The Morgan fingerprint density at radius 3 is 1.00 bits per heavy atom. The summed E-state index contributed by atoms with van der Waals surface area (Å²) in [6.07, 6.45) is 2.64. The molecule has 0 fully saturated rings. The molecule has 0 spiro atoms. The van der Waals surface area contributed by atoms with Crippen molar-refractivity contribution < 1.29 is 0 Å². The van der Waals surface area contributed by atoms with Gasteiger partial charge in [0.1, 0.15) is 0 Å². The third-order valence-electron chi connectivity index (χ3n) is 0.500. The number of hydrogen-bond acceptors (Lipinski definition) is 0. The molecule has 0 aromatic rings. The summed E-state index contributed by atoms with van der Waals surface area (Å²) >= 11 is 0. The van der Waals surface area contributed by atoms with Gasteiger partial charge in [0.25, 0.3) is 0 Å². The van der Waals surface area contributed by atoms with E-state index in [1.165, 1.54) is 12.8 Å². The van der Waals surface area contributed by atoms with Crippen LogP contribution in [-0.4, -0.2) is 17.6 Å². The summed E-state index contributed by atoms with van der Waals surface area (Å²) in [6.45, 7) is 4.36. The first-order valence-electron chi connectivity index (χ1n) is 1.91. The molecule has 7 heavy (non-hydrogen) atoms. The molecule has 50 valence electrons. The van der Waals surface area contributed by atoms with E-state index in [4.69, 9.17) is 0 Å². The van der Waals surface area contributed by atoms with E-state index in [2.05, 4.69) is 13.8 Å². The average Bonchev–Trinajstić information content (AvgIpc) is 1.37. The Morgan fingerprint density at radius 2 is 1.00 bits per heavy atom. The Balaban J connectivity index is -0.0000000150. The maximum absolute atomic E-state index is 2.18. The van der Waals surface area contributed by atoms with Gasteiger partial charge in [-0.3, -0.25) is 0 Å². The van der Waals surface area contributed by atoms with Crippen LogP contribution in [0.1, 0.15) is 26.7 Å². The van der Waals surface area contributed by atoms with Crippen molar-refractivity contribution >= 4 is 51.6 Å². The first-order chi connectivity index (χ1) is 1.91. The number of rotatable bonds is 1. The van der Waals surface area contributed by atoms with Crippen LogP contribution in [-0.2, 0) is 0 Å². The molecule has 0 aromatic heterocycles. The Hall–Kier alpha value is 1.50. The topological polar surface area (TPSA) is 0 Å². The van der Waals surface area contributed by atoms with Gasteiger partial charge in [0, 0.05) is 0 Å². The van der Waals surface area contributed by atoms with Crippen LogP contribution in [0.15, 0.2) is 0 Å². The molecule has 0 aromatic carbocycles. The first-order valence-corrected chi connectivity index (χ1v) is 1.91. The molecule has 0 saturated heterocycles. The van der Waals surface area contributed by atoms with Crippen molar-refractivity contribution in [3.05, 3.63) is 0 Å². The van der Waals surface area contributed by atoms with Crippen LogP contribution in [0.4, 0.5) is 0 Å². The molecular weight excluding hydrogens is 280 g/mol. The average molecular weight is 297 g/mol. The molecule has 0 rings (SSSR count). The molecule has 0 unspecified atom stereocenters. The molecule has 0 N–H and O–H groups in total. The van der Waals surface area contributed by atoms with Gasteiger partial charge in [-0.1, -0.05) is 26.7 Å². The summed E-state index contributed by atoms with van der Waals surface area (Å²) in [4.78, 5) is 0. The standard InChI is InChI=1S/C4H10.2BrH.GeH4/c1-3-4-2;;;/h3-4H2,1-2H3;2*1H;1H4. The molecule has 0 saturated carbocycles. The minimum absolute atomic E-state index is 0. The van der Waals surface area contributed by atoms with Crippen molar-refractivity contribution in [3.63, 3.8) is 0 Å². The van der Waals surface area contributed by atoms with Crippen LogP contribution in [0.5, 0.6) is 0 Å². The Bertz CT molecular complexity index is 11.7. The predicted molar refractivity (Wildman–Crippen MR) is 52.6 cm³/mol. The van der Waals surface area contributed by atoms with Crippen LogP contribution >= 0.6 is 34.0 Å². The minimum atomic E-state index is 0. The SMILES string of the molecule is Br.Br.CCCC.[GeH4]. The van der Waals surface area contributed by atoms with Crippen molar-refractivity contribution in [1.29, 1.82) is 0 Å². The predicted octanol–water partition coefficient (Wildman–Crippen LogP) is 1.51. The van der Waals surface area contributed by atoms with E-state index in [-0.39, 0.29) is 51.6 Å². The molecule has 0 atom stereocenters. The summed E-state index contributed by atoms with van der Waals surface area (Å²) < 4.78 is 0. The molecular formula is C4H16Br2Ge. The Labute approximate surface area is 78.0 Å². The number of halogens is 2. The molecule has 0 aliphatic carbocycles. The summed E-state index contributed by atoms with van der Waals surface area (Å²) in [6, 6.07) is 0. The van der Waals surface area contributed by atoms with Crippen LogP contribution < -0.4 is 0 Å². The van der Waals surface area contributed by atoms with E-state index in [1.54, 1.807) is 0 Å². The second-order valence-electron chi connectivity index (χ2n) is 1.000. The molecule has 0 nitrogen and oxygen atoms in total. The van der Waals surface area contributed by atoms with Gasteiger partial charge >= 0.3 is 17.6 Å². The summed E-state index contributed by atoms with van der Waals surface area (Å²) in [7, 11) is 0. The molecule has 0 radical (unpaired) electrons. The van der Waals surface area contributed by atoms with Crippen molar-refractivity contribution in [2.75, 3.05) is 0 Å². The van der Waals surface area contributed by atoms with Gasteiger partial charge in [-0.15, -0.1) is 34.0 Å². The van der Waals surface area contributed by atoms with Gasteiger partial charge in [0.2, 0.25) is 0 Å². The molecule has 3 heteroatoms. The van der Waals surface area contributed by atoms with Crippen molar-refractivity contribution in [2.45, 2.75) is 26.7 Å². The second kappa shape index (κ2) is 25.9.